The summed E-state index contributed by atoms with van der Waals surface area (Å²) in [7, 11) is 3.42. The van der Waals surface area contributed by atoms with Crippen LogP contribution in [0.3, 0.4) is 0 Å². The summed E-state index contributed by atoms with van der Waals surface area (Å²) in [5.41, 5.74) is 4.33. The first kappa shape index (κ1) is 19.0. The van der Waals surface area contributed by atoms with E-state index in [1.54, 1.807) is 26.2 Å². The average molecular weight is 382 g/mol. The topological polar surface area (TPSA) is 62.6 Å². The third kappa shape index (κ3) is 3.85. The zero-order valence-electron chi connectivity index (χ0n) is 16.0. The number of nitrogens with zero attached hydrogens (tertiary/aromatic N) is 1. The van der Waals surface area contributed by atoms with Gasteiger partial charge < -0.3 is 14.6 Å². The minimum atomic E-state index is -0.285. The first-order chi connectivity index (χ1) is 12.8. The SMILES string of the molecule is Cc1ccc(C)c2c(C)c(C(=O)Nc3ccc(SC(=O)N(C)C)cc3)oc12. The van der Waals surface area contributed by atoms with Crippen molar-refractivity contribution in [1.82, 2.24) is 4.90 Å². The molecule has 27 heavy (non-hydrogen) atoms. The van der Waals surface area contributed by atoms with Gasteiger partial charge in [0.05, 0.1) is 0 Å². The van der Waals surface area contributed by atoms with E-state index in [2.05, 4.69) is 5.32 Å². The van der Waals surface area contributed by atoms with Crippen molar-refractivity contribution >= 4 is 39.6 Å². The number of carbonyl (C=O) groups excluding carboxylic acids is 2. The summed E-state index contributed by atoms with van der Waals surface area (Å²) in [5, 5.41) is 3.81. The molecule has 0 aliphatic heterocycles. The Hall–Kier alpha value is -2.73. The van der Waals surface area contributed by atoms with E-state index >= 15 is 0 Å². The monoisotopic (exact) mass is 382 g/mol. The number of amides is 2. The van der Waals surface area contributed by atoms with Gasteiger partial charge in [-0.1, -0.05) is 12.1 Å². The Morgan fingerprint density at radius 2 is 1.59 bits per heavy atom. The van der Waals surface area contributed by atoms with Crippen LogP contribution in [0.5, 0.6) is 0 Å². The second-order valence-corrected chi connectivity index (χ2v) is 7.73. The Morgan fingerprint density at radius 3 is 2.19 bits per heavy atom. The molecule has 5 nitrogen and oxygen atoms in total. The van der Waals surface area contributed by atoms with Crippen LogP contribution in [-0.4, -0.2) is 30.1 Å². The number of hydrogen-bond acceptors (Lipinski definition) is 4. The van der Waals surface area contributed by atoms with Crippen LogP contribution in [0, 0.1) is 20.8 Å². The maximum absolute atomic E-state index is 12.7. The minimum Gasteiger partial charge on any atom is -0.450 e. The molecule has 3 aromatic rings. The molecule has 0 saturated carbocycles. The van der Waals surface area contributed by atoms with E-state index in [9.17, 15) is 9.59 Å². The molecule has 2 amide bonds. The van der Waals surface area contributed by atoms with Crippen molar-refractivity contribution in [2.75, 3.05) is 19.4 Å². The molecular weight excluding hydrogens is 360 g/mol. The van der Waals surface area contributed by atoms with Crippen molar-refractivity contribution in [2.45, 2.75) is 25.7 Å². The van der Waals surface area contributed by atoms with Crippen LogP contribution in [0.4, 0.5) is 10.5 Å². The molecule has 0 radical (unpaired) electrons. The summed E-state index contributed by atoms with van der Waals surface area (Å²) in [6.45, 7) is 5.88. The molecular formula is C21H22N2O3S. The predicted octanol–water partition coefficient (Wildman–Crippen LogP) is 5.38. The standard InChI is InChI=1S/C21H22N2O3S/c1-12-6-7-13(2)18-17(12)14(3)19(26-18)20(24)22-15-8-10-16(11-9-15)27-21(25)23(4)5/h6-11H,1-5H3,(H,22,24). The Balaban J connectivity index is 1.81. The number of thioether (sulfide) groups is 1. The number of benzene rings is 2. The molecule has 0 unspecified atom stereocenters. The maximum atomic E-state index is 12.7. The molecule has 1 aromatic heterocycles. The summed E-state index contributed by atoms with van der Waals surface area (Å²) in [6.07, 6.45) is 0. The second-order valence-electron chi connectivity index (χ2n) is 6.70. The van der Waals surface area contributed by atoms with Gasteiger partial charge in [0.15, 0.2) is 5.76 Å². The molecule has 0 atom stereocenters. The molecule has 0 aliphatic rings. The molecule has 0 spiro atoms. The van der Waals surface area contributed by atoms with E-state index in [1.807, 2.05) is 45.0 Å². The normalized spacial score (nSPS) is 10.9. The summed E-state index contributed by atoms with van der Waals surface area (Å²) < 4.78 is 5.88. The lowest BCUT2D eigenvalue weighted by Crippen LogP contribution is -2.16. The van der Waals surface area contributed by atoms with Gasteiger partial charge in [-0.25, -0.2) is 0 Å². The fraction of sp³-hybridized carbons (Fsp3) is 0.238. The van der Waals surface area contributed by atoms with Crippen molar-refractivity contribution in [2.24, 2.45) is 0 Å². The molecule has 0 bridgehead atoms. The van der Waals surface area contributed by atoms with Crippen molar-refractivity contribution in [3.63, 3.8) is 0 Å². The van der Waals surface area contributed by atoms with Crippen molar-refractivity contribution in [1.29, 1.82) is 0 Å². The molecule has 6 heteroatoms. The van der Waals surface area contributed by atoms with Crippen LogP contribution < -0.4 is 5.32 Å². The van der Waals surface area contributed by atoms with Crippen LogP contribution >= 0.6 is 11.8 Å². The van der Waals surface area contributed by atoms with Gasteiger partial charge in [0.1, 0.15) is 5.58 Å². The number of hydrogen-bond donors (Lipinski definition) is 1. The molecule has 140 valence electrons. The average Bonchev–Trinajstić information content (AvgIpc) is 2.98. The highest BCUT2D eigenvalue weighted by atomic mass is 32.2. The molecule has 1 heterocycles. The largest absolute Gasteiger partial charge is 0.450 e. The Kier molecular flexibility index (Phi) is 5.28. The highest BCUT2D eigenvalue weighted by molar-refractivity contribution is 8.13. The lowest BCUT2D eigenvalue weighted by Gasteiger charge is -2.09. The van der Waals surface area contributed by atoms with Gasteiger partial charge in [-0.05, 0) is 67.9 Å². The fourth-order valence-electron chi connectivity index (χ4n) is 2.88. The van der Waals surface area contributed by atoms with Gasteiger partial charge in [-0.2, -0.15) is 0 Å². The lowest BCUT2D eigenvalue weighted by atomic mass is 10.0. The molecule has 0 saturated heterocycles. The minimum absolute atomic E-state index is 0.0459. The molecule has 2 aromatic carbocycles. The number of aryl methyl sites for hydroxylation is 3. The van der Waals surface area contributed by atoms with Crippen LogP contribution in [0.2, 0.25) is 0 Å². The summed E-state index contributed by atoms with van der Waals surface area (Å²) >= 11 is 1.14. The second kappa shape index (κ2) is 7.48. The number of rotatable bonds is 3. The van der Waals surface area contributed by atoms with Crippen LogP contribution in [-0.2, 0) is 0 Å². The van der Waals surface area contributed by atoms with Gasteiger partial charge >= 0.3 is 0 Å². The summed E-state index contributed by atoms with van der Waals surface area (Å²) in [4.78, 5) is 26.8. The smallest absolute Gasteiger partial charge is 0.291 e. The fourth-order valence-corrected chi connectivity index (χ4v) is 3.53. The summed E-state index contributed by atoms with van der Waals surface area (Å²) in [6, 6.07) is 11.2. The summed E-state index contributed by atoms with van der Waals surface area (Å²) in [5.74, 6) is 0.0379. The number of fused-ring (bicyclic) bond motifs is 1. The van der Waals surface area contributed by atoms with Gasteiger partial charge in [0.2, 0.25) is 0 Å². The van der Waals surface area contributed by atoms with Crippen molar-refractivity contribution in [3.8, 4) is 0 Å². The van der Waals surface area contributed by atoms with Gasteiger partial charge in [-0.15, -0.1) is 0 Å². The number of carbonyl (C=O) groups is 2. The van der Waals surface area contributed by atoms with E-state index in [-0.39, 0.29) is 11.1 Å². The third-order valence-electron chi connectivity index (χ3n) is 4.37. The van der Waals surface area contributed by atoms with Gasteiger partial charge in [0.25, 0.3) is 11.1 Å². The number of nitrogens with one attached hydrogen (secondary N) is 1. The van der Waals surface area contributed by atoms with E-state index in [4.69, 9.17) is 4.42 Å². The molecule has 3 rings (SSSR count). The van der Waals surface area contributed by atoms with Gasteiger partial charge in [0, 0.05) is 35.6 Å². The molecule has 1 N–H and O–H groups in total. The van der Waals surface area contributed by atoms with Crippen LogP contribution in [0.1, 0.15) is 27.2 Å². The van der Waals surface area contributed by atoms with Crippen LogP contribution in [0.25, 0.3) is 11.0 Å². The quantitative estimate of drug-likeness (QED) is 0.618. The Morgan fingerprint density at radius 1 is 0.963 bits per heavy atom. The zero-order valence-corrected chi connectivity index (χ0v) is 16.9. The van der Waals surface area contributed by atoms with E-state index in [0.717, 1.165) is 44.3 Å². The number of furan rings is 1. The Bertz CT molecular complexity index is 1020. The predicted molar refractivity (Wildman–Crippen MR) is 110 cm³/mol. The van der Waals surface area contributed by atoms with Crippen molar-refractivity contribution in [3.05, 3.63) is 58.8 Å². The lowest BCUT2D eigenvalue weighted by molar-refractivity contribution is 0.0998. The zero-order chi connectivity index (χ0) is 19.7. The third-order valence-corrected chi connectivity index (χ3v) is 5.42. The van der Waals surface area contributed by atoms with E-state index < -0.39 is 0 Å². The first-order valence-corrected chi connectivity index (χ1v) is 9.39. The van der Waals surface area contributed by atoms with Crippen LogP contribution in [0.15, 0.2) is 45.7 Å². The van der Waals surface area contributed by atoms with E-state index in [0.29, 0.717) is 11.4 Å². The van der Waals surface area contributed by atoms with Crippen molar-refractivity contribution < 1.29 is 14.0 Å². The number of anilines is 1. The first-order valence-electron chi connectivity index (χ1n) is 8.57. The van der Waals surface area contributed by atoms with Gasteiger partial charge in [-0.3, -0.25) is 9.59 Å². The highest BCUT2D eigenvalue weighted by Gasteiger charge is 2.20. The Labute approximate surface area is 162 Å². The highest BCUT2D eigenvalue weighted by Crippen LogP contribution is 2.31. The maximum Gasteiger partial charge on any atom is 0.291 e. The molecule has 0 aliphatic carbocycles. The molecule has 0 fully saturated rings. The van der Waals surface area contributed by atoms with E-state index in [1.165, 1.54) is 4.90 Å².